The third-order valence-electron chi connectivity index (χ3n) is 6.45. The van der Waals surface area contributed by atoms with Crippen LogP contribution in [0.1, 0.15) is 58.4 Å². The first-order chi connectivity index (χ1) is 12.8. The largest absolute Gasteiger partial charge is 0.390 e. The fourth-order valence-electron chi connectivity index (χ4n) is 4.62. The van der Waals surface area contributed by atoms with Gasteiger partial charge in [0.1, 0.15) is 5.82 Å². The van der Waals surface area contributed by atoms with Gasteiger partial charge in [0.05, 0.1) is 5.60 Å². The van der Waals surface area contributed by atoms with E-state index in [1.54, 1.807) is 0 Å². The minimum absolute atomic E-state index is 0.151. The maximum atomic E-state index is 13.2. The Bertz CT molecular complexity index is 633. The van der Waals surface area contributed by atoms with Crippen LogP contribution in [0.5, 0.6) is 0 Å². The molecule has 0 aromatic heterocycles. The molecule has 1 N–H and O–H groups in total. The summed E-state index contributed by atoms with van der Waals surface area (Å²) in [4.78, 5) is 17.2. The third kappa shape index (κ3) is 4.81. The lowest BCUT2D eigenvalue weighted by atomic mass is 9.83. The lowest BCUT2D eigenvalue weighted by Crippen LogP contribution is -2.52. The van der Waals surface area contributed by atoms with Gasteiger partial charge in [0.2, 0.25) is 0 Å². The summed E-state index contributed by atoms with van der Waals surface area (Å²) in [6.45, 7) is 7.31. The van der Waals surface area contributed by atoms with Crippen molar-refractivity contribution in [3.63, 3.8) is 0 Å². The number of amides is 2. The van der Waals surface area contributed by atoms with E-state index in [-0.39, 0.29) is 29.8 Å². The zero-order valence-electron chi connectivity index (χ0n) is 16.8. The van der Waals surface area contributed by atoms with E-state index in [1.165, 1.54) is 12.1 Å². The summed E-state index contributed by atoms with van der Waals surface area (Å²) in [6.07, 6.45) is 5.58. The van der Waals surface area contributed by atoms with Gasteiger partial charge in [-0.25, -0.2) is 9.18 Å². The highest BCUT2D eigenvalue weighted by atomic mass is 19.1. The molecule has 2 saturated heterocycles. The first-order valence-electron chi connectivity index (χ1n) is 10.3. The Morgan fingerprint density at radius 3 is 2.37 bits per heavy atom. The molecule has 5 heteroatoms. The summed E-state index contributed by atoms with van der Waals surface area (Å²) in [7, 11) is 0. The number of urea groups is 1. The van der Waals surface area contributed by atoms with Crippen molar-refractivity contribution < 1.29 is 14.3 Å². The zero-order chi connectivity index (χ0) is 19.6. The van der Waals surface area contributed by atoms with E-state index in [1.807, 2.05) is 30.9 Å². The van der Waals surface area contributed by atoms with Crippen molar-refractivity contribution in [2.75, 3.05) is 13.1 Å². The molecule has 1 aromatic carbocycles. The summed E-state index contributed by atoms with van der Waals surface area (Å²) in [5.74, 6) is 0.0475. The molecular formula is C22H33FN2O2. The molecule has 2 aliphatic heterocycles. The van der Waals surface area contributed by atoms with Gasteiger partial charge in [-0.05, 0) is 82.9 Å². The monoisotopic (exact) mass is 376 g/mol. The van der Waals surface area contributed by atoms with Crippen molar-refractivity contribution in [3.05, 3.63) is 35.6 Å². The van der Waals surface area contributed by atoms with Gasteiger partial charge < -0.3 is 14.9 Å². The van der Waals surface area contributed by atoms with Gasteiger partial charge in [-0.3, -0.25) is 0 Å². The number of carbonyl (C=O) groups excluding carboxylic acids is 1. The van der Waals surface area contributed by atoms with Crippen LogP contribution in [-0.4, -0.2) is 51.7 Å². The molecule has 0 saturated carbocycles. The van der Waals surface area contributed by atoms with Crippen molar-refractivity contribution in [3.8, 4) is 0 Å². The topological polar surface area (TPSA) is 43.8 Å². The zero-order valence-corrected chi connectivity index (χ0v) is 16.8. The number of hydrogen-bond donors (Lipinski definition) is 1. The van der Waals surface area contributed by atoms with E-state index in [0.29, 0.717) is 0 Å². The lowest BCUT2D eigenvalue weighted by Gasteiger charge is -2.41. The molecule has 0 bridgehead atoms. The number of nitrogens with zero attached hydrogens (tertiary/aromatic N) is 2. The summed E-state index contributed by atoms with van der Waals surface area (Å²) >= 11 is 0. The average molecular weight is 377 g/mol. The molecule has 2 fully saturated rings. The predicted molar refractivity (Wildman–Crippen MR) is 105 cm³/mol. The van der Waals surface area contributed by atoms with E-state index < -0.39 is 5.60 Å². The number of benzene rings is 1. The highest BCUT2D eigenvalue weighted by molar-refractivity contribution is 5.75. The van der Waals surface area contributed by atoms with Gasteiger partial charge in [-0.2, -0.15) is 0 Å². The van der Waals surface area contributed by atoms with Gasteiger partial charge in [0, 0.05) is 25.2 Å². The quantitative estimate of drug-likeness (QED) is 0.855. The Kier molecular flexibility index (Phi) is 6.09. The predicted octanol–water partition coefficient (Wildman–Crippen LogP) is 4.21. The summed E-state index contributed by atoms with van der Waals surface area (Å²) in [6, 6.07) is 7.35. The van der Waals surface area contributed by atoms with Crippen molar-refractivity contribution in [2.45, 2.75) is 77.0 Å². The molecule has 4 nitrogen and oxygen atoms in total. The van der Waals surface area contributed by atoms with Gasteiger partial charge in [-0.1, -0.05) is 12.1 Å². The Labute approximate surface area is 162 Å². The van der Waals surface area contributed by atoms with Crippen molar-refractivity contribution >= 4 is 6.03 Å². The summed E-state index contributed by atoms with van der Waals surface area (Å²) in [5, 5.41) is 10.2. The number of hydrogen-bond acceptors (Lipinski definition) is 2. The minimum atomic E-state index is -0.673. The van der Waals surface area contributed by atoms with Crippen molar-refractivity contribution in [1.29, 1.82) is 0 Å². The van der Waals surface area contributed by atoms with E-state index in [2.05, 4.69) is 11.8 Å². The van der Waals surface area contributed by atoms with Crippen molar-refractivity contribution in [1.82, 2.24) is 9.80 Å². The average Bonchev–Trinajstić information content (AvgIpc) is 3.00. The van der Waals surface area contributed by atoms with Gasteiger partial charge in [0.15, 0.2) is 0 Å². The van der Waals surface area contributed by atoms with E-state index in [0.717, 1.165) is 57.2 Å². The fourth-order valence-corrected chi connectivity index (χ4v) is 4.62. The minimum Gasteiger partial charge on any atom is -0.390 e. The number of likely N-dealkylation sites (tertiary alicyclic amines) is 2. The van der Waals surface area contributed by atoms with E-state index in [4.69, 9.17) is 0 Å². The maximum absolute atomic E-state index is 13.2. The van der Waals surface area contributed by atoms with Crippen LogP contribution in [0.15, 0.2) is 24.3 Å². The number of halogens is 1. The molecule has 1 aromatic rings. The molecule has 2 heterocycles. The van der Waals surface area contributed by atoms with Gasteiger partial charge in [0.25, 0.3) is 0 Å². The molecule has 0 radical (unpaired) electrons. The van der Waals surface area contributed by atoms with Crippen LogP contribution in [0.2, 0.25) is 0 Å². The second-order valence-electron chi connectivity index (χ2n) is 8.85. The highest BCUT2D eigenvalue weighted by Gasteiger charge is 2.38. The molecule has 27 heavy (non-hydrogen) atoms. The molecule has 0 spiro atoms. The molecule has 150 valence electrons. The van der Waals surface area contributed by atoms with Crippen LogP contribution < -0.4 is 0 Å². The first kappa shape index (κ1) is 20.1. The standard InChI is InChI=1S/C22H33FN2O2/c1-16-4-10-20(11-7-17-5-8-19(23)9-6-17)25(16)21(26)24-14-12-18(13-15-24)22(2,3)27/h5-6,8-9,16,18,20,27H,4,7,10-15H2,1-3H3/t16-,20-/m1/s1. The number of piperidine rings is 1. The van der Waals surface area contributed by atoms with Crippen LogP contribution in [0, 0.1) is 11.7 Å². The smallest absolute Gasteiger partial charge is 0.320 e. The van der Waals surface area contributed by atoms with E-state index in [9.17, 15) is 14.3 Å². The number of carbonyl (C=O) groups is 1. The third-order valence-corrected chi connectivity index (χ3v) is 6.45. The fraction of sp³-hybridized carbons (Fsp3) is 0.682. The van der Waals surface area contributed by atoms with Crippen LogP contribution in [0.4, 0.5) is 9.18 Å². The SMILES string of the molecule is C[C@@H]1CC[C@H](CCc2ccc(F)cc2)N1C(=O)N1CCC(C(C)(C)O)CC1. The maximum Gasteiger partial charge on any atom is 0.320 e. The molecule has 2 aliphatic rings. The second kappa shape index (κ2) is 8.17. The first-order valence-corrected chi connectivity index (χ1v) is 10.3. The number of rotatable bonds is 4. The van der Waals surface area contributed by atoms with Crippen LogP contribution >= 0.6 is 0 Å². The summed E-state index contributed by atoms with van der Waals surface area (Å²) in [5.41, 5.74) is 0.447. The Balaban J connectivity index is 1.58. The molecule has 2 amide bonds. The molecule has 0 unspecified atom stereocenters. The Morgan fingerprint density at radius 1 is 1.15 bits per heavy atom. The Morgan fingerprint density at radius 2 is 1.78 bits per heavy atom. The number of aryl methyl sites for hydroxylation is 1. The molecular weight excluding hydrogens is 343 g/mol. The second-order valence-corrected chi connectivity index (χ2v) is 8.85. The summed E-state index contributed by atoms with van der Waals surface area (Å²) < 4.78 is 13.1. The Hall–Kier alpha value is -1.62. The van der Waals surface area contributed by atoms with Crippen LogP contribution in [0.25, 0.3) is 0 Å². The molecule has 0 aliphatic carbocycles. The van der Waals surface area contributed by atoms with Crippen LogP contribution in [-0.2, 0) is 6.42 Å². The lowest BCUT2D eigenvalue weighted by molar-refractivity contribution is -0.0103. The normalized spacial score (nSPS) is 24.5. The van der Waals surface area contributed by atoms with Crippen molar-refractivity contribution in [2.24, 2.45) is 5.92 Å². The number of aliphatic hydroxyl groups is 1. The van der Waals surface area contributed by atoms with Gasteiger partial charge >= 0.3 is 6.03 Å². The van der Waals surface area contributed by atoms with Gasteiger partial charge in [-0.15, -0.1) is 0 Å². The highest BCUT2D eigenvalue weighted by Crippen LogP contribution is 2.32. The van der Waals surface area contributed by atoms with Crippen LogP contribution in [0.3, 0.4) is 0 Å². The van der Waals surface area contributed by atoms with E-state index >= 15 is 0 Å². The molecule has 2 atom stereocenters. The molecule has 3 rings (SSSR count).